The zero-order chi connectivity index (χ0) is 21.7. The molecule has 6 heteroatoms. The molecule has 0 fully saturated rings. The third-order valence-electron chi connectivity index (χ3n) is 4.48. The number of benzene rings is 2. The molecule has 0 spiro atoms. The highest BCUT2D eigenvalue weighted by atomic mass is 35.5. The van der Waals surface area contributed by atoms with Gasteiger partial charge >= 0.3 is 5.97 Å². The van der Waals surface area contributed by atoms with Crippen LogP contribution >= 0.6 is 11.6 Å². The van der Waals surface area contributed by atoms with E-state index in [1.807, 2.05) is 45.0 Å². The van der Waals surface area contributed by atoms with Crippen LogP contribution in [0, 0.1) is 0 Å². The molecule has 2 aromatic carbocycles. The maximum atomic E-state index is 11.9. The highest BCUT2D eigenvalue weighted by Gasteiger charge is 2.16. The zero-order valence-electron chi connectivity index (χ0n) is 17.4. The first-order valence-corrected chi connectivity index (χ1v) is 10.4. The standard InChI is InChI=1S/C24H25ClN2O3/c1-24(2,3)30-22(29)7-5-4-6-20-23(17-9-11-18(25)12-10-17)27-19-13-8-16(15-28)14-21(19)26-20/h8-15H,4-7H2,1-3H3. The van der Waals surface area contributed by atoms with Crippen LogP contribution in [0.1, 0.15) is 56.1 Å². The Morgan fingerprint density at radius 3 is 2.43 bits per heavy atom. The molecule has 5 nitrogen and oxygen atoms in total. The lowest BCUT2D eigenvalue weighted by molar-refractivity contribution is -0.154. The van der Waals surface area contributed by atoms with E-state index in [1.165, 1.54) is 0 Å². The number of aromatic nitrogens is 2. The lowest BCUT2D eigenvalue weighted by Gasteiger charge is -2.19. The van der Waals surface area contributed by atoms with Crippen molar-refractivity contribution in [3.63, 3.8) is 0 Å². The first-order chi connectivity index (χ1) is 14.2. The minimum Gasteiger partial charge on any atom is -0.460 e. The maximum absolute atomic E-state index is 11.9. The SMILES string of the molecule is CC(C)(C)OC(=O)CCCCc1nc2cc(C=O)ccc2nc1-c1ccc(Cl)cc1. The van der Waals surface area contributed by atoms with Crippen molar-refractivity contribution in [1.82, 2.24) is 9.97 Å². The number of aryl methyl sites for hydroxylation is 1. The molecule has 3 rings (SSSR count). The maximum Gasteiger partial charge on any atom is 0.306 e. The molecule has 1 heterocycles. The van der Waals surface area contributed by atoms with E-state index in [0.717, 1.165) is 35.2 Å². The van der Waals surface area contributed by atoms with E-state index in [4.69, 9.17) is 26.3 Å². The zero-order valence-corrected chi connectivity index (χ0v) is 18.2. The minimum atomic E-state index is -0.473. The predicted octanol–water partition coefficient (Wildman–Crippen LogP) is 5.82. The van der Waals surface area contributed by atoms with Gasteiger partial charge in [0.2, 0.25) is 0 Å². The van der Waals surface area contributed by atoms with Crippen molar-refractivity contribution in [2.24, 2.45) is 0 Å². The van der Waals surface area contributed by atoms with Gasteiger partial charge in [0.15, 0.2) is 0 Å². The first-order valence-electron chi connectivity index (χ1n) is 9.99. The Balaban J connectivity index is 1.83. The largest absolute Gasteiger partial charge is 0.460 e. The van der Waals surface area contributed by atoms with Crippen LogP contribution in [-0.2, 0) is 16.0 Å². The summed E-state index contributed by atoms with van der Waals surface area (Å²) in [6.07, 6.45) is 3.30. The fourth-order valence-corrected chi connectivity index (χ4v) is 3.27. The number of halogens is 1. The van der Waals surface area contributed by atoms with Crippen LogP contribution in [0.4, 0.5) is 0 Å². The Morgan fingerprint density at radius 2 is 1.77 bits per heavy atom. The summed E-state index contributed by atoms with van der Waals surface area (Å²) in [5.74, 6) is -0.194. The van der Waals surface area contributed by atoms with Gasteiger partial charge in [-0.2, -0.15) is 0 Å². The van der Waals surface area contributed by atoms with Crippen LogP contribution in [0.15, 0.2) is 42.5 Å². The van der Waals surface area contributed by atoms with Crippen LogP contribution < -0.4 is 0 Å². The molecule has 0 saturated carbocycles. The van der Waals surface area contributed by atoms with E-state index in [9.17, 15) is 9.59 Å². The Morgan fingerprint density at radius 1 is 1.03 bits per heavy atom. The number of carbonyl (C=O) groups is 2. The molecule has 0 atom stereocenters. The van der Waals surface area contributed by atoms with Crippen LogP contribution in [-0.4, -0.2) is 27.8 Å². The quantitative estimate of drug-likeness (QED) is 0.271. The van der Waals surface area contributed by atoms with E-state index in [1.54, 1.807) is 18.2 Å². The molecular formula is C24H25ClN2O3. The number of rotatable bonds is 7. The van der Waals surface area contributed by atoms with Gasteiger partial charge in [0.1, 0.15) is 11.9 Å². The molecular weight excluding hydrogens is 400 g/mol. The van der Waals surface area contributed by atoms with Crippen molar-refractivity contribution in [1.29, 1.82) is 0 Å². The molecule has 0 amide bonds. The van der Waals surface area contributed by atoms with Gasteiger partial charge in [0.05, 0.1) is 22.4 Å². The molecule has 0 aliphatic rings. The van der Waals surface area contributed by atoms with Crippen LogP contribution in [0.3, 0.4) is 0 Å². The van der Waals surface area contributed by atoms with Crippen molar-refractivity contribution in [2.45, 2.75) is 52.1 Å². The second-order valence-electron chi connectivity index (χ2n) is 8.19. The second-order valence-corrected chi connectivity index (χ2v) is 8.62. The Labute approximate surface area is 181 Å². The summed E-state index contributed by atoms with van der Waals surface area (Å²) in [5.41, 5.74) is 4.04. The molecule has 156 valence electrons. The molecule has 1 aromatic heterocycles. The molecule has 0 radical (unpaired) electrons. The summed E-state index contributed by atoms with van der Waals surface area (Å²) in [4.78, 5) is 32.7. The summed E-state index contributed by atoms with van der Waals surface area (Å²) in [6.45, 7) is 5.59. The number of hydrogen-bond donors (Lipinski definition) is 0. The van der Waals surface area contributed by atoms with Gasteiger partial charge in [-0.25, -0.2) is 9.97 Å². The predicted molar refractivity (Wildman–Crippen MR) is 119 cm³/mol. The third-order valence-corrected chi connectivity index (χ3v) is 4.73. The average molecular weight is 425 g/mol. The third kappa shape index (κ3) is 5.86. The lowest BCUT2D eigenvalue weighted by Crippen LogP contribution is -2.23. The van der Waals surface area contributed by atoms with E-state index in [0.29, 0.717) is 35.4 Å². The van der Waals surface area contributed by atoms with Crippen LogP contribution in [0.2, 0.25) is 5.02 Å². The fraction of sp³-hybridized carbons (Fsp3) is 0.333. The number of fused-ring (bicyclic) bond motifs is 1. The number of carbonyl (C=O) groups excluding carboxylic acids is 2. The Hall–Kier alpha value is -2.79. The molecule has 30 heavy (non-hydrogen) atoms. The Bertz CT molecular complexity index is 1060. The molecule has 0 aliphatic heterocycles. The van der Waals surface area contributed by atoms with Gasteiger partial charge in [-0.15, -0.1) is 0 Å². The monoisotopic (exact) mass is 424 g/mol. The topological polar surface area (TPSA) is 69.2 Å². The molecule has 0 bridgehead atoms. The molecule has 0 N–H and O–H groups in total. The van der Waals surface area contributed by atoms with Crippen molar-refractivity contribution in [2.75, 3.05) is 0 Å². The second kappa shape index (κ2) is 9.35. The van der Waals surface area contributed by atoms with Crippen molar-refractivity contribution >= 4 is 34.9 Å². The lowest BCUT2D eigenvalue weighted by atomic mass is 10.0. The molecule has 3 aromatic rings. The number of aldehydes is 1. The van der Waals surface area contributed by atoms with Gasteiger partial charge in [-0.3, -0.25) is 9.59 Å². The van der Waals surface area contributed by atoms with E-state index in [2.05, 4.69) is 0 Å². The fourth-order valence-electron chi connectivity index (χ4n) is 3.15. The van der Waals surface area contributed by atoms with Gasteiger partial charge in [0, 0.05) is 22.6 Å². The minimum absolute atomic E-state index is 0.194. The average Bonchev–Trinajstić information content (AvgIpc) is 2.69. The number of nitrogens with zero attached hydrogens (tertiary/aromatic N) is 2. The van der Waals surface area contributed by atoms with Crippen LogP contribution in [0.5, 0.6) is 0 Å². The summed E-state index contributed by atoms with van der Waals surface area (Å²) in [7, 11) is 0. The number of ether oxygens (including phenoxy) is 1. The molecule has 0 saturated heterocycles. The van der Waals surface area contributed by atoms with Crippen molar-refractivity contribution < 1.29 is 14.3 Å². The summed E-state index contributed by atoms with van der Waals surface area (Å²) in [6, 6.07) is 12.8. The molecule has 0 unspecified atom stereocenters. The van der Waals surface area contributed by atoms with E-state index in [-0.39, 0.29) is 5.97 Å². The van der Waals surface area contributed by atoms with E-state index < -0.39 is 5.60 Å². The number of esters is 1. The first kappa shape index (κ1) is 21.9. The van der Waals surface area contributed by atoms with E-state index >= 15 is 0 Å². The summed E-state index contributed by atoms with van der Waals surface area (Å²) in [5, 5.41) is 0.655. The van der Waals surface area contributed by atoms with Crippen molar-refractivity contribution in [3.8, 4) is 11.3 Å². The Kier molecular flexibility index (Phi) is 6.83. The van der Waals surface area contributed by atoms with Crippen LogP contribution in [0.25, 0.3) is 22.3 Å². The van der Waals surface area contributed by atoms with Gasteiger partial charge < -0.3 is 4.74 Å². The van der Waals surface area contributed by atoms with Crippen molar-refractivity contribution in [3.05, 3.63) is 58.7 Å². The van der Waals surface area contributed by atoms with Gasteiger partial charge in [-0.1, -0.05) is 23.7 Å². The van der Waals surface area contributed by atoms with Gasteiger partial charge in [0.25, 0.3) is 0 Å². The normalized spacial score (nSPS) is 11.5. The van der Waals surface area contributed by atoms with Gasteiger partial charge in [-0.05, 0) is 70.4 Å². The highest BCUT2D eigenvalue weighted by molar-refractivity contribution is 6.30. The summed E-state index contributed by atoms with van der Waals surface area (Å²) < 4.78 is 5.36. The highest BCUT2D eigenvalue weighted by Crippen LogP contribution is 2.26. The smallest absolute Gasteiger partial charge is 0.306 e. The summed E-state index contributed by atoms with van der Waals surface area (Å²) >= 11 is 6.03. The molecule has 0 aliphatic carbocycles. The number of hydrogen-bond acceptors (Lipinski definition) is 5. The number of unbranched alkanes of at least 4 members (excludes halogenated alkanes) is 1.